The van der Waals surface area contributed by atoms with E-state index in [-0.39, 0.29) is 12.1 Å². The van der Waals surface area contributed by atoms with Crippen molar-refractivity contribution in [3.05, 3.63) is 0 Å². The highest BCUT2D eigenvalue weighted by Crippen LogP contribution is 2.29. The lowest BCUT2D eigenvalue weighted by Gasteiger charge is -2.25. The van der Waals surface area contributed by atoms with Crippen molar-refractivity contribution in [1.82, 2.24) is 10.2 Å². The number of carbonyl (C=O) groups excluding carboxylic acids is 1. The number of hydrogen-bond donors (Lipinski definition) is 1. The van der Waals surface area contributed by atoms with Gasteiger partial charge in [0.1, 0.15) is 0 Å². The summed E-state index contributed by atoms with van der Waals surface area (Å²) in [5.41, 5.74) is -0.393. The lowest BCUT2D eigenvalue weighted by atomic mass is 9.99. The van der Waals surface area contributed by atoms with Gasteiger partial charge in [0.25, 0.3) is 0 Å². The predicted molar refractivity (Wildman–Crippen MR) is 80.3 cm³/mol. The van der Waals surface area contributed by atoms with Crippen LogP contribution in [0.25, 0.3) is 0 Å². The molecule has 4 heteroatoms. The topological polar surface area (TPSA) is 41.6 Å². The molecule has 1 saturated heterocycles. The van der Waals surface area contributed by atoms with Gasteiger partial charge in [0, 0.05) is 13.2 Å². The van der Waals surface area contributed by atoms with E-state index < -0.39 is 5.54 Å². The van der Waals surface area contributed by atoms with Gasteiger partial charge in [-0.2, -0.15) is 0 Å². The zero-order chi connectivity index (χ0) is 14.8. The maximum Gasteiger partial charge on any atom is 0.243 e. The van der Waals surface area contributed by atoms with Gasteiger partial charge in [0.2, 0.25) is 5.91 Å². The molecular formula is C16H30N2O2. The van der Waals surface area contributed by atoms with Crippen molar-refractivity contribution in [1.29, 1.82) is 0 Å². The van der Waals surface area contributed by atoms with Crippen LogP contribution >= 0.6 is 0 Å². The summed E-state index contributed by atoms with van der Waals surface area (Å²) >= 11 is 0. The first kappa shape index (κ1) is 15.8. The molecule has 2 fully saturated rings. The molecule has 0 spiro atoms. The Labute approximate surface area is 123 Å². The fourth-order valence-electron chi connectivity index (χ4n) is 2.81. The van der Waals surface area contributed by atoms with Gasteiger partial charge in [-0.05, 0) is 44.4 Å². The second-order valence-corrected chi connectivity index (χ2v) is 6.99. The normalized spacial score (nSPS) is 30.6. The smallest absolute Gasteiger partial charge is 0.243 e. The Bertz CT molecular complexity index is 341. The Kier molecular flexibility index (Phi) is 5.08. The number of amides is 1. The van der Waals surface area contributed by atoms with Gasteiger partial charge in [0.15, 0.2) is 0 Å². The van der Waals surface area contributed by atoms with Crippen LogP contribution in [0.3, 0.4) is 0 Å². The fraction of sp³-hybridized carbons (Fsp3) is 0.938. The van der Waals surface area contributed by atoms with Crippen LogP contribution in [0.4, 0.5) is 0 Å². The third-order valence-electron chi connectivity index (χ3n) is 4.52. The average molecular weight is 282 g/mol. The summed E-state index contributed by atoms with van der Waals surface area (Å²) in [5, 5.41) is 3.53. The molecule has 0 aromatic heterocycles. The van der Waals surface area contributed by atoms with E-state index >= 15 is 0 Å². The van der Waals surface area contributed by atoms with Crippen LogP contribution in [0.1, 0.15) is 53.4 Å². The van der Waals surface area contributed by atoms with Crippen molar-refractivity contribution in [2.45, 2.75) is 65.1 Å². The van der Waals surface area contributed by atoms with Crippen molar-refractivity contribution in [2.75, 3.05) is 19.8 Å². The first-order chi connectivity index (χ1) is 9.46. The number of ether oxygens (including phenoxy) is 1. The lowest BCUT2D eigenvalue weighted by Crippen LogP contribution is -2.44. The van der Waals surface area contributed by atoms with Crippen LogP contribution in [-0.4, -0.2) is 42.3 Å². The van der Waals surface area contributed by atoms with Gasteiger partial charge in [0.05, 0.1) is 18.3 Å². The van der Waals surface area contributed by atoms with E-state index in [2.05, 4.69) is 26.1 Å². The molecule has 4 nitrogen and oxygen atoms in total. The standard InChI is InChI=1S/C16H30N2O2/c1-5-16(4)15(19)18(14(17-16)10-12(2)3)8-9-20-11-13-6-7-13/h12-14,17H,5-11H2,1-4H3. The van der Waals surface area contributed by atoms with E-state index in [1.165, 1.54) is 12.8 Å². The van der Waals surface area contributed by atoms with Gasteiger partial charge in [-0.25, -0.2) is 0 Å². The number of hydrogen-bond acceptors (Lipinski definition) is 3. The lowest BCUT2D eigenvalue weighted by molar-refractivity contribution is -0.133. The molecule has 1 aliphatic heterocycles. The third-order valence-corrected chi connectivity index (χ3v) is 4.52. The molecule has 2 aliphatic rings. The van der Waals surface area contributed by atoms with Gasteiger partial charge >= 0.3 is 0 Å². The number of nitrogens with zero attached hydrogens (tertiary/aromatic N) is 1. The average Bonchev–Trinajstić information content (AvgIpc) is 3.17. The second-order valence-electron chi connectivity index (χ2n) is 6.99. The van der Waals surface area contributed by atoms with Crippen molar-refractivity contribution < 1.29 is 9.53 Å². The van der Waals surface area contributed by atoms with E-state index in [9.17, 15) is 4.79 Å². The molecule has 0 aromatic rings. The molecule has 116 valence electrons. The van der Waals surface area contributed by atoms with Crippen molar-refractivity contribution >= 4 is 5.91 Å². The number of carbonyl (C=O) groups is 1. The Morgan fingerprint density at radius 2 is 2.15 bits per heavy atom. The second kappa shape index (κ2) is 6.44. The van der Waals surface area contributed by atoms with Crippen LogP contribution < -0.4 is 5.32 Å². The van der Waals surface area contributed by atoms with Crippen molar-refractivity contribution in [3.8, 4) is 0 Å². The number of nitrogens with one attached hydrogen (secondary N) is 1. The minimum atomic E-state index is -0.393. The highest BCUT2D eigenvalue weighted by Gasteiger charge is 2.46. The molecule has 1 heterocycles. The van der Waals surface area contributed by atoms with Gasteiger partial charge in [-0.1, -0.05) is 20.8 Å². The Balaban J connectivity index is 1.88. The Hall–Kier alpha value is -0.610. The minimum absolute atomic E-state index is 0.164. The van der Waals surface area contributed by atoms with Gasteiger partial charge < -0.3 is 9.64 Å². The summed E-state index contributed by atoms with van der Waals surface area (Å²) in [6, 6.07) is 0. The SMILES string of the molecule is CCC1(C)NC(CC(C)C)N(CCOCC2CC2)C1=O. The van der Waals surface area contributed by atoms with Crippen LogP contribution in [0.2, 0.25) is 0 Å². The summed E-state index contributed by atoms with van der Waals surface area (Å²) in [6.45, 7) is 10.8. The zero-order valence-electron chi connectivity index (χ0n) is 13.4. The van der Waals surface area contributed by atoms with Crippen LogP contribution in [0, 0.1) is 11.8 Å². The van der Waals surface area contributed by atoms with Crippen LogP contribution in [-0.2, 0) is 9.53 Å². The first-order valence-electron chi connectivity index (χ1n) is 8.12. The molecule has 2 unspecified atom stereocenters. The van der Waals surface area contributed by atoms with Crippen LogP contribution in [0.5, 0.6) is 0 Å². The number of rotatable bonds is 8. The zero-order valence-corrected chi connectivity index (χ0v) is 13.4. The quantitative estimate of drug-likeness (QED) is 0.695. The molecule has 1 saturated carbocycles. The summed E-state index contributed by atoms with van der Waals surface area (Å²) in [4.78, 5) is 14.6. The third kappa shape index (κ3) is 3.73. The molecule has 20 heavy (non-hydrogen) atoms. The molecule has 1 N–H and O–H groups in total. The minimum Gasteiger partial charge on any atom is -0.379 e. The highest BCUT2D eigenvalue weighted by molar-refractivity contribution is 5.88. The maximum atomic E-state index is 12.6. The molecule has 2 atom stereocenters. The van der Waals surface area contributed by atoms with Gasteiger partial charge in [-0.3, -0.25) is 10.1 Å². The van der Waals surface area contributed by atoms with E-state index in [4.69, 9.17) is 4.74 Å². The molecular weight excluding hydrogens is 252 g/mol. The molecule has 1 amide bonds. The highest BCUT2D eigenvalue weighted by atomic mass is 16.5. The molecule has 0 bridgehead atoms. The summed E-state index contributed by atoms with van der Waals surface area (Å²) in [5.74, 6) is 1.60. The molecule has 0 aromatic carbocycles. The van der Waals surface area contributed by atoms with Crippen LogP contribution in [0.15, 0.2) is 0 Å². The molecule has 2 rings (SSSR count). The Morgan fingerprint density at radius 1 is 1.45 bits per heavy atom. The van der Waals surface area contributed by atoms with E-state index in [0.717, 1.165) is 25.4 Å². The Morgan fingerprint density at radius 3 is 2.70 bits per heavy atom. The molecule has 1 aliphatic carbocycles. The first-order valence-corrected chi connectivity index (χ1v) is 8.12. The fourth-order valence-corrected chi connectivity index (χ4v) is 2.81. The summed E-state index contributed by atoms with van der Waals surface area (Å²) in [6.07, 6.45) is 4.63. The maximum absolute atomic E-state index is 12.6. The largest absolute Gasteiger partial charge is 0.379 e. The van der Waals surface area contributed by atoms with Gasteiger partial charge in [-0.15, -0.1) is 0 Å². The van der Waals surface area contributed by atoms with Crippen molar-refractivity contribution in [3.63, 3.8) is 0 Å². The van der Waals surface area contributed by atoms with Crippen molar-refractivity contribution in [2.24, 2.45) is 11.8 Å². The van der Waals surface area contributed by atoms with E-state index in [1.54, 1.807) is 0 Å². The monoisotopic (exact) mass is 282 g/mol. The van der Waals surface area contributed by atoms with E-state index in [1.807, 2.05) is 11.8 Å². The summed E-state index contributed by atoms with van der Waals surface area (Å²) in [7, 11) is 0. The summed E-state index contributed by atoms with van der Waals surface area (Å²) < 4.78 is 5.70. The molecule has 0 radical (unpaired) electrons. The van der Waals surface area contributed by atoms with E-state index in [0.29, 0.717) is 19.1 Å². The predicted octanol–water partition coefficient (Wildman–Crippen LogP) is 2.39.